The van der Waals surface area contributed by atoms with Crippen molar-refractivity contribution in [3.63, 3.8) is 0 Å². The predicted octanol–water partition coefficient (Wildman–Crippen LogP) is 5.15. The maximum atomic E-state index is 12.8. The van der Waals surface area contributed by atoms with E-state index >= 15 is 0 Å². The van der Waals surface area contributed by atoms with Gasteiger partial charge < -0.3 is 14.6 Å². The van der Waals surface area contributed by atoms with Gasteiger partial charge in [0.1, 0.15) is 24.7 Å². The molecule has 5 nitrogen and oxygen atoms in total. The minimum absolute atomic E-state index is 0.0867. The highest BCUT2D eigenvalue weighted by molar-refractivity contribution is 6.32. The van der Waals surface area contributed by atoms with Gasteiger partial charge in [0.15, 0.2) is 0 Å². The fraction of sp³-hybridized carbons (Fsp3) is 0.167. The first-order chi connectivity index (χ1) is 14.6. The molecule has 4 aromatic rings. The van der Waals surface area contributed by atoms with Crippen LogP contribution in [0.25, 0.3) is 11.0 Å². The molecule has 1 aromatic heterocycles. The van der Waals surface area contributed by atoms with Gasteiger partial charge in [0.05, 0.1) is 22.1 Å². The molecule has 0 saturated heterocycles. The SMILES string of the molecule is CC(NC(=O)Cn1c(COc2ccccc2Cl)nc2ccccc21)c1ccccc1. The Bertz CT molecular complexity index is 1160. The quantitative estimate of drug-likeness (QED) is 0.451. The van der Waals surface area contributed by atoms with E-state index in [0.717, 1.165) is 16.6 Å². The van der Waals surface area contributed by atoms with E-state index in [2.05, 4.69) is 10.3 Å². The van der Waals surface area contributed by atoms with Crippen LogP contribution >= 0.6 is 11.6 Å². The Morgan fingerprint density at radius 2 is 1.73 bits per heavy atom. The summed E-state index contributed by atoms with van der Waals surface area (Å²) in [6.45, 7) is 2.33. The third-order valence-electron chi connectivity index (χ3n) is 4.91. The Balaban J connectivity index is 1.54. The average Bonchev–Trinajstić information content (AvgIpc) is 3.11. The number of fused-ring (bicyclic) bond motifs is 1. The van der Waals surface area contributed by atoms with Crippen molar-refractivity contribution in [3.8, 4) is 5.75 Å². The van der Waals surface area contributed by atoms with Gasteiger partial charge in [-0.2, -0.15) is 0 Å². The molecule has 6 heteroatoms. The monoisotopic (exact) mass is 419 g/mol. The summed E-state index contributed by atoms with van der Waals surface area (Å²) in [4.78, 5) is 17.5. The van der Waals surface area contributed by atoms with Crippen molar-refractivity contribution in [2.45, 2.75) is 26.1 Å². The third-order valence-corrected chi connectivity index (χ3v) is 5.22. The van der Waals surface area contributed by atoms with Crippen LogP contribution in [0.4, 0.5) is 0 Å². The summed E-state index contributed by atoms with van der Waals surface area (Å²) >= 11 is 6.19. The number of nitrogens with one attached hydrogen (secondary N) is 1. The molecule has 30 heavy (non-hydrogen) atoms. The van der Waals surface area contributed by atoms with E-state index in [4.69, 9.17) is 16.3 Å². The molecule has 1 atom stereocenters. The number of carbonyl (C=O) groups excluding carboxylic acids is 1. The van der Waals surface area contributed by atoms with Gasteiger partial charge in [-0.1, -0.05) is 66.2 Å². The molecule has 0 spiro atoms. The number of amides is 1. The molecular formula is C24H22ClN3O2. The number of carbonyl (C=O) groups is 1. The van der Waals surface area contributed by atoms with Gasteiger partial charge in [-0.25, -0.2) is 4.98 Å². The molecule has 0 fully saturated rings. The maximum absolute atomic E-state index is 12.8. The van der Waals surface area contributed by atoms with Gasteiger partial charge >= 0.3 is 0 Å². The number of ether oxygens (including phenoxy) is 1. The van der Waals surface area contributed by atoms with Crippen molar-refractivity contribution < 1.29 is 9.53 Å². The molecule has 3 aromatic carbocycles. The first-order valence-electron chi connectivity index (χ1n) is 9.77. The number of hydrogen-bond donors (Lipinski definition) is 1. The molecule has 0 saturated carbocycles. The van der Waals surface area contributed by atoms with Crippen molar-refractivity contribution >= 4 is 28.5 Å². The lowest BCUT2D eigenvalue weighted by Gasteiger charge is -2.16. The lowest BCUT2D eigenvalue weighted by atomic mass is 10.1. The summed E-state index contributed by atoms with van der Waals surface area (Å²) in [5.74, 6) is 1.16. The molecule has 1 N–H and O–H groups in total. The van der Waals surface area contributed by atoms with Gasteiger partial charge in [-0.15, -0.1) is 0 Å². The Labute approximate surface area is 180 Å². The topological polar surface area (TPSA) is 56.2 Å². The van der Waals surface area contributed by atoms with Crippen LogP contribution < -0.4 is 10.1 Å². The zero-order valence-electron chi connectivity index (χ0n) is 16.6. The van der Waals surface area contributed by atoms with E-state index in [0.29, 0.717) is 16.6 Å². The molecule has 0 aliphatic carbocycles. The lowest BCUT2D eigenvalue weighted by molar-refractivity contribution is -0.122. The number of nitrogens with zero attached hydrogens (tertiary/aromatic N) is 2. The minimum Gasteiger partial charge on any atom is -0.484 e. The van der Waals surface area contributed by atoms with E-state index in [-0.39, 0.29) is 25.1 Å². The van der Waals surface area contributed by atoms with E-state index < -0.39 is 0 Å². The van der Waals surface area contributed by atoms with Crippen molar-refractivity contribution in [3.05, 3.63) is 95.3 Å². The molecule has 4 rings (SSSR count). The largest absolute Gasteiger partial charge is 0.484 e. The van der Waals surface area contributed by atoms with Gasteiger partial charge in [0.2, 0.25) is 5.91 Å². The van der Waals surface area contributed by atoms with Crippen LogP contribution in [0, 0.1) is 0 Å². The second-order valence-electron chi connectivity index (χ2n) is 7.02. The van der Waals surface area contributed by atoms with E-state index in [1.807, 2.05) is 84.3 Å². The van der Waals surface area contributed by atoms with Crippen LogP contribution in [0.2, 0.25) is 5.02 Å². The maximum Gasteiger partial charge on any atom is 0.240 e. The highest BCUT2D eigenvalue weighted by Gasteiger charge is 2.16. The highest BCUT2D eigenvalue weighted by atomic mass is 35.5. The van der Waals surface area contributed by atoms with Crippen LogP contribution in [0.1, 0.15) is 24.4 Å². The van der Waals surface area contributed by atoms with Gasteiger partial charge in [-0.3, -0.25) is 4.79 Å². The fourth-order valence-corrected chi connectivity index (χ4v) is 3.56. The summed E-state index contributed by atoms with van der Waals surface area (Å²) in [5, 5.41) is 3.60. The Morgan fingerprint density at radius 3 is 2.53 bits per heavy atom. The summed E-state index contributed by atoms with van der Waals surface area (Å²) in [5.41, 5.74) is 2.76. The number of para-hydroxylation sites is 3. The zero-order valence-corrected chi connectivity index (χ0v) is 17.3. The zero-order chi connectivity index (χ0) is 20.9. The lowest BCUT2D eigenvalue weighted by Crippen LogP contribution is -2.30. The summed E-state index contributed by atoms with van der Waals surface area (Å²) in [6.07, 6.45) is 0. The van der Waals surface area contributed by atoms with Crippen molar-refractivity contribution in [2.24, 2.45) is 0 Å². The first kappa shape index (κ1) is 20.0. The van der Waals surface area contributed by atoms with Crippen LogP contribution in [0.3, 0.4) is 0 Å². The molecule has 0 radical (unpaired) electrons. The standard InChI is InChI=1S/C24H22ClN3O2/c1-17(18-9-3-2-4-10-18)26-24(29)15-28-21-13-7-6-12-20(21)27-23(28)16-30-22-14-8-5-11-19(22)25/h2-14,17H,15-16H2,1H3,(H,26,29). The summed E-state index contributed by atoms with van der Waals surface area (Å²) in [7, 11) is 0. The normalized spacial score (nSPS) is 11.9. The molecule has 1 unspecified atom stereocenters. The van der Waals surface area contributed by atoms with Crippen LogP contribution in [0.5, 0.6) is 5.75 Å². The molecule has 0 bridgehead atoms. The van der Waals surface area contributed by atoms with Crippen LogP contribution in [0.15, 0.2) is 78.9 Å². The van der Waals surface area contributed by atoms with Gasteiger partial charge in [-0.05, 0) is 36.8 Å². The Morgan fingerprint density at radius 1 is 1.03 bits per heavy atom. The van der Waals surface area contributed by atoms with E-state index in [1.165, 1.54) is 0 Å². The second-order valence-corrected chi connectivity index (χ2v) is 7.43. The van der Waals surface area contributed by atoms with Crippen LogP contribution in [-0.2, 0) is 17.9 Å². The fourth-order valence-electron chi connectivity index (χ4n) is 3.37. The molecule has 1 amide bonds. The van der Waals surface area contributed by atoms with Gasteiger partial charge in [0.25, 0.3) is 0 Å². The number of hydrogen-bond acceptors (Lipinski definition) is 3. The van der Waals surface area contributed by atoms with E-state index in [1.54, 1.807) is 6.07 Å². The molecule has 0 aliphatic heterocycles. The number of aromatic nitrogens is 2. The third kappa shape index (κ3) is 4.47. The average molecular weight is 420 g/mol. The minimum atomic E-state index is -0.0894. The predicted molar refractivity (Wildman–Crippen MR) is 119 cm³/mol. The van der Waals surface area contributed by atoms with Crippen LogP contribution in [-0.4, -0.2) is 15.5 Å². The Kier molecular flexibility index (Phi) is 6.00. The number of halogens is 1. The summed E-state index contributed by atoms with van der Waals surface area (Å²) in [6, 6.07) is 24.8. The van der Waals surface area contributed by atoms with Gasteiger partial charge in [0, 0.05) is 0 Å². The van der Waals surface area contributed by atoms with E-state index in [9.17, 15) is 4.79 Å². The highest BCUT2D eigenvalue weighted by Crippen LogP contribution is 2.25. The van der Waals surface area contributed by atoms with Crippen molar-refractivity contribution in [1.29, 1.82) is 0 Å². The summed E-state index contributed by atoms with van der Waals surface area (Å²) < 4.78 is 7.77. The number of rotatable bonds is 7. The Hall–Kier alpha value is -3.31. The number of imidazole rings is 1. The smallest absolute Gasteiger partial charge is 0.240 e. The number of benzene rings is 3. The molecule has 0 aliphatic rings. The first-order valence-corrected chi connectivity index (χ1v) is 10.2. The van der Waals surface area contributed by atoms with Crippen molar-refractivity contribution in [2.75, 3.05) is 0 Å². The second kappa shape index (κ2) is 9.01. The molecular weight excluding hydrogens is 398 g/mol. The molecule has 152 valence electrons. The van der Waals surface area contributed by atoms with Crippen molar-refractivity contribution in [1.82, 2.24) is 14.9 Å². The molecule has 1 heterocycles.